The summed E-state index contributed by atoms with van der Waals surface area (Å²) in [7, 11) is 0. The van der Waals surface area contributed by atoms with Crippen molar-refractivity contribution >= 4 is 23.5 Å². The molecule has 0 spiro atoms. The van der Waals surface area contributed by atoms with Crippen LogP contribution < -0.4 is 10.6 Å². The Balaban J connectivity index is 3.84. The first-order valence-electron chi connectivity index (χ1n) is 6.24. The molecule has 0 bridgehead atoms. The normalized spacial score (nSPS) is 13.9. The fourth-order valence-electron chi connectivity index (χ4n) is 1.44. The number of unbranched alkanes of at least 4 members (excludes halogenated alkanes) is 1. The van der Waals surface area contributed by atoms with Gasteiger partial charge < -0.3 is 5.32 Å². The highest BCUT2D eigenvalue weighted by Gasteiger charge is 2.13. The number of carbonyl (C=O) groups is 2. The number of amides is 3. The maximum atomic E-state index is 11.4. The molecule has 0 fully saturated rings. The van der Waals surface area contributed by atoms with Gasteiger partial charge in [0.25, 0.3) is 0 Å². The van der Waals surface area contributed by atoms with Crippen LogP contribution in [0.1, 0.15) is 46.5 Å². The Hall–Kier alpha value is -0.770. The van der Waals surface area contributed by atoms with Crippen molar-refractivity contribution in [2.75, 3.05) is 6.54 Å². The number of halogens is 1. The van der Waals surface area contributed by atoms with Gasteiger partial charge in [-0.2, -0.15) is 0 Å². The van der Waals surface area contributed by atoms with Gasteiger partial charge in [-0.05, 0) is 19.3 Å². The number of nitrogens with one attached hydrogen (secondary N) is 2. The largest absolute Gasteiger partial charge is 0.338 e. The highest BCUT2D eigenvalue weighted by Crippen LogP contribution is 2.10. The molecule has 17 heavy (non-hydrogen) atoms. The van der Waals surface area contributed by atoms with Crippen LogP contribution in [0.25, 0.3) is 0 Å². The van der Waals surface area contributed by atoms with E-state index in [1.165, 1.54) is 13.3 Å². The summed E-state index contributed by atoms with van der Waals surface area (Å²) in [6.45, 7) is 6.38. The Morgan fingerprint density at radius 1 is 1.29 bits per heavy atom. The van der Waals surface area contributed by atoms with Crippen molar-refractivity contribution in [2.45, 2.75) is 51.8 Å². The zero-order valence-corrected chi connectivity index (χ0v) is 11.6. The molecule has 3 amide bonds. The average molecular weight is 263 g/mol. The minimum absolute atomic E-state index is 0.461. The monoisotopic (exact) mass is 262 g/mol. The maximum absolute atomic E-state index is 11.4. The van der Waals surface area contributed by atoms with Gasteiger partial charge in [0, 0.05) is 6.54 Å². The second kappa shape index (κ2) is 9.28. The molecule has 0 aliphatic heterocycles. The van der Waals surface area contributed by atoms with Crippen LogP contribution in [0.3, 0.4) is 0 Å². The second-order valence-electron chi connectivity index (χ2n) is 4.23. The molecular formula is C12H23ClN2O2. The Morgan fingerprint density at radius 2 is 1.94 bits per heavy atom. The van der Waals surface area contributed by atoms with Gasteiger partial charge in [-0.1, -0.05) is 33.1 Å². The first kappa shape index (κ1) is 16.2. The molecule has 0 rings (SSSR count). The molecule has 100 valence electrons. The summed E-state index contributed by atoms with van der Waals surface area (Å²) in [4.78, 5) is 22.5. The zero-order valence-electron chi connectivity index (χ0n) is 10.9. The number of alkyl halides is 1. The first-order chi connectivity index (χ1) is 8.01. The van der Waals surface area contributed by atoms with Crippen molar-refractivity contribution in [2.24, 2.45) is 5.92 Å². The van der Waals surface area contributed by atoms with Crippen LogP contribution in [-0.4, -0.2) is 23.9 Å². The van der Waals surface area contributed by atoms with Gasteiger partial charge in [0.2, 0.25) is 5.91 Å². The van der Waals surface area contributed by atoms with E-state index in [1.807, 2.05) is 0 Å². The molecule has 0 aromatic rings. The Kier molecular flexibility index (Phi) is 8.86. The number of imide groups is 1. The minimum atomic E-state index is -0.692. The van der Waals surface area contributed by atoms with E-state index in [1.54, 1.807) is 0 Å². The molecule has 4 nitrogen and oxygen atoms in total. The summed E-state index contributed by atoms with van der Waals surface area (Å²) in [6, 6.07) is -0.461. The second-order valence-corrected chi connectivity index (χ2v) is 4.89. The Morgan fingerprint density at radius 3 is 2.41 bits per heavy atom. The molecule has 5 heteroatoms. The van der Waals surface area contributed by atoms with E-state index in [0.717, 1.165) is 19.3 Å². The highest BCUT2D eigenvalue weighted by molar-refractivity contribution is 6.31. The molecule has 0 radical (unpaired) electrons. The van der Waals surface area contributed by atoms with Gasteiger partial charge in [0.1, 0.15) is 5.38 Å². The summed E-state index contributed by atoms with van der Waals surface area (Å²) >= 11 is 5.54. The van der Waals surface area contributed by atoms with E-state index in [9.17, 15) is 9.59 Å². The SMILES string of the molecule is CCCCC(CC)CNC(=O)NC(=O)C(C)Cl. The van der Waals surface area contributed by atoms with Gasteiger partial charge >= 0.3 is 6.03 Å². The fourth-order valence-corrected chi connectivity index (χ4v) is 1.49. The summed E-state index contributed by atoms with van der Waals surface area (Å²) in [5.74, 6) is 0.00926. The molecule has 0 saturated heterocycles. The van der Waals surface area contributed by atoms with Crippen molar-refractivity contribution in [1.82, 2.24) is 10.6 Å². The van der Waals surface area contributed by atoms with E-state index in [-0.39, 0.29) is 0 Å². The van der Waals surface area contributed by atoms with Crippen LogP contribution >= 0.6 is 11.6 Å². The third-order valence-electron chi connectivity index (χ3n) is 2.69. The molecule has 2 atom stereocenters. The molecular weight excluding hydrogens is 240 g/mol. The smallest absolute Gasteiger partial charge is 0.321 e. The van der Waals surface area contributed by atoms with Crippen molar-refractivity contribution in [1.29, 1.82) is 0 Å². The number of urea groups is 1. The summed E-state index contributed by atoms with van der Waals surface area (Å²) in [6.07, 6.45) is 4.46. The number of rotatable bonds is 7. The minimum Gasteiger partial charge on any atom is -0.338 e. The van der Waals surface area contributed by atoms with Crippen LogP contribution in [-0.2, 0) is 4.79 Å². The summed E-state index contributed by atoms with van der Waals surface area (Å²) < 4.78 is 0. The van der Waals surface area contributed by atoms with E-state index >= 15 is 0 Å². The van der Waals surface area contributed by atoms with Crippen LogP contribution in [0.2, 0.25) is 0 Å². The van der Waals surface area contributed by atoms with Crippen LogP contribution in [0.5, 0.6) is 0 Å². The standard InChI is InChI=1S/C12H23ClN2O2/c1-4-6-7-10(5-2)8-14-12(17)15-11(16)9(3)13/h9-10H,4-8H2,1-3H3,(H2,14,15,16,17). The quantitative estimate of drug-likeness (QED) is 0.693. The van der Waals surface area contributed by atoms with E-state index in [0.29, 0.717) is 12.5 Å². The Bertz CT molecular complexity index is 245. The fraction of sp³-hybridized carbons (Fsp3) is 0.833. The first-order valence-corrected chi connectivity index (χ1v) is 6.67. The summed E-state index contributed by atoms with van der Waals surface area (Å²) in [5, 5.41) is 4.20. The molecule has 0 aromatic carbocycles. The van der Waals surface area contributed by atoms with Gasteiger partial charge in [-0.25, -0.2) is 4.79 Å². The number of hydrogen-bond donors (Lipinski definition) is 2. The van der Waals surface area contributed by atoms with Crippen molar-refractivity contribution in [3.05, 3.63) is 0 Å². The van der Waals surface area contributed by atoms with Crippen molar-refractivity contribution < 1.29 is 9.59 Å². The molecule has 2 unspecified atom stereocenters. The van der Waals surface area contributed by atoms with Gasteiger partial charge in [0.05, 0.1) is 0 Å². The van der Waals surface area contributed by atoms with E-state index in [2.05, 4.69) is 24.5 Å². The lowest BCUT2D eigenvalue weighted by Crippen LogP contribution is -2.43. The van der Waals surface area contributed by atoms with E-state index < -0.39 is 17.3 Å². The topological polar surface area (TPSA) is 58.2 Å². The van der Waals surface area contributed by atoms with Crippen LogP contribution in [0.15, 0.2) is 0 Å². The van der Waals surface area contributed by atoms with Gasteiger partial charge in [-0.3, -0.25) is 10.1 Å². The number of carbonyl (C=O) groups excluding carboxylic acids is 2. The lowest BCUT2D eigenvalue weighted by molar-refractivity contribution is -0.119. The van der Waals surface area contributed by atoms with Crippen molar-refractivity contribution in [3.63, 3.8) is 0 Å². The Labute approximate surface area is 108 Å². The number of hydrogen-bond acceptors (Lipinski definition) is 2. The van der Waals surface area contributed by atoms with Gasteiger partial charge in [-0.15, -0.1) is 11.6 Å². The molecule has 0 aromatic heterocycles. The van der Waals surface area contributed by atoms with Crippen LogP contribution in [0, 0.1) is 5.92 Å². The third kappa shape index (κ3) is 8.02. The molecule has 0 aliphatic rings. The molecule has 2 N–H and O–H groups in total. The van der Waals surface area contributed by atoms with Crippen molar-refractivity contribution in [3.8, 4) is 0 Å². The molecule has 0 aliphatic carbocycles. The molecule has 0 heterocycles. The third-order valence-corrected chi connectivity index (χ3v) is 2.89. The zero-order chi connectivity index (χ0) is 13.3. The highest BCUT2D eigenvalue weighted by atomic mass is 35.5. The lowest BCUT2D eigenvalue weighted by Gasteiger charge is -2.15. The van der Waals surface area contributed by atoms with Crippen LogP contribution in [0.4, 0.5) is 4.79 Å². The predicted molar refractivity (Wildman–Crippen MR) is 70.2 cm³/mol. The molecule has 0 saturated carbocycles. The lowest BCUT2D eigenvalue weighted by atomic mass is 9.99. The maximum Gasteiger partial charge on any atom is 0.321 e. The van der Waals surface area contributed by atoms with E-state index in [4.69, 9.17) is 11.6 Å². The van der Waals surface area contributed by atoms with Gasteiger partial charge in [0.15, 0.2) is 0 Å². The average Bonchev–Trinajstić information content (AvgIpc) is 2.29. The summed E-state index contributed by atoms with van der Waals surface area (Å²) in [5.41, 5.74) is 0. The predicted octanol–water partition coefficient (Wildman–Crippen LogP) is 2.66.